The topological polar surface area (TPSA) is 111 Å². The Morgan fingerprint density at radius 3 is 2.26 bits per heavy atom. The fraction of sp³-hybridized carbons (Fsp3) is 0.667. The lowest BCUT2D eigenvalue weighted by molar-refractivity contribution is 0.0631. The van der Waals surface area contributed by atoms with E-state index in [1.807, 2.05) is 14.1 Å². The van der Waals surface area contributed by atoms with Gasteiger partial charge in [-0.25, -0.2) is 14.8 Å². The average molecular weight is 629 g/mol. The van der Waals surface area contributed by atoms with Gasteiger partial charge in [0.2, 0.25) is 0 Å². The van der Waals surface area contributed by atoms with Crippen LogP contribution in [-0.2, 0) is 0 Å². The fourth-order valence-corrected chi connectivity index (χ4v) is 9.10. The van der Waals surface area contributed by atoms with Crippen molar-refractivity contribution in [3.8, 4) is 0 Å². The zero-order chi connectivity index (χ0) is 31.8. The van der Waals surface area contributed by atoms with Gasteiger partial charge in [0, 0.05) is 38.9 Å². The predicted molar refractivity (Wildman–Crippen MR) is 181 cm³/mol. The first-order valence-corrected chi connectivity index (χ1v) is 17.9. The Balaban J connectivity index is 1.10. The van der Waals surface area contributed by atoms with Crippen molar-refractivity contribution >= 4 is 29.3 Å². The van der Waals surface area contributed by atoms with Crippen molar-refractivity contribution in [3.63, 3.8) is 0 Å². The number of hydrogen-bond acceptors (Lipinski definition) is 7. The number of anilines is 3. The van der Waals surface area contributed by atoms with E-state index in [-0.39, 0.29) is 23.8 Å². The number of likely N-dealkylation sites (tertiary alicyclic amines) is 2. The molecule has 2 aliphatic carbocycles. The minimum absolute atomic E-state index is 0.0873. The monoisotopic (exact) mass is 628 g/mol. The average Bonchev–Trinajstić information content (AvgIpc) is 3.59. The number of piperidine rings is 3. The molecule has 1 unspecified atom stereocenters. The van der Waals surface area contributed by atoms with E-state index in [2.05, 4.69) is 49.3 Å². The van der Waals surface area contributed by atoms with E-state index in [4.69, 9.17) is 10.7 Å². The zero-order valence-corrected chi connectivity index (χ0v) is 27.7. The Morgan fingerprint density at radius 2 is 1.61 bits per heavy atom. The van der Waals surface area contributed by atoms with Gasteiger partial charge in [-0.3, -0.25) is 4.79 Å². The van der Waals surface area contributed by atoms with Gasteiger partial charge < -0.3 is 30.7 Å². The number of nitrogens with two attached hydrogens (primary N) is 1. The predicted octanol–water partition coefficient (Wildman–Crippen LogP) is 5.58. The zero-order valence-electron chi connectivity index (χ0n) is 27.7. The maximum atomic E-state index is 13.3. The van der Waals surface area contributed by atoms with Crippen LogP contribution in [0.15, 0.2) is 30.5 Å². The molecule has 3 amide bonds. The normalized spacial score (nSPS) is 26.4. The van der Waals surface area contributed by atoms with Crippen LogP contribution in [0, 0.1) is 11.8 Å². The molecule has 0 bridgehead atoms. The lowest BCUT2D eigenvalue weighted by atomic mass is 9.69. The maximum absolute atomic E-state index is 13.3. The van der Waals surface area contributed by atoms with Gasteiger partial charge in [-0.15, -0.1) is 0 Å². The summed E-state index contributed by atoms with van der Waals surface area (Å²) in [7, 11) is 3.68. The second kappa shape index (κ2) is 13.4. The Morgan fingerprint density at radius 1 is 0.870 bits per heavy atom. The molecule has 2 aromatic rings. The third-order valence-corrected chi connectivity index (χ3v) is 11.9. The van der Waals surface area contributed by atoms with Crippen LogP contribution in [0.3, 0.4) is 0 Å². The summed E-state index contributed by atoms with van der Waals surface area (Å²) in [4.78, 5) is 44.3. The number of amides is 3. The highest BCUT2D eigenvalue weighted by Crippen LogP contribution is 2.43. The molecule has 248 valence electrons. The van der Waals surface area contributed by atoms with Gasteiger partial charge >= 0.3 is 6.03 Å². The second-order valence-electron chi connectivity index (χ2n) is 14.8. The van der Waals surface area contributed by atoms with Crippen LogP contribution in [0.2, 0.25) is 0 Å². The Labute approximate surface area is 274 Å². The first-order valence-electron chi connectivity index (χ1n) is 17.9. The Hall–Kier alpha value is -3.40. The van der Waals surface area contributed by atoms with E-state index < -0.39 is 5.91 Å². The first kappa shape index (κ1) is 31.2. The largest absolute Gasteiger partial charge is 0.364 e. The number of aromatic nitrogens is 2. The van der Waals surface area contributed by atoms with Gasteiger partial charge in [0.15, 0.2) is 11.5 Å². The van der Waals surface area contributed by atoms with Crippen molar-refractivity contribution in [1.29, 1.82) is 0 Å². The number of primary amides is 1. The molecule has 2 saturated carbocycles. The van der Waals surface area contributed by atoms with Crippen molar-refractivity contribution in [3.05, 3.63) is 41.7 Å². The molecule has 5 aliphatic rings. The van der Waals surface area contributed by atoms with Crippen LogP contribution in [0.25, 0.3) is 0 Å². The molecule has 10 nitrogen and oxygen atoms in total. The van der Waals surface area contributed by atoms with Crippen LogP contribution in [-0.4, -0.2) is 95.0 Å². The number of hydrogen-bond donors (Lipinski definition) is 2. The first-order chi connectivity index (χ1) is 22.4. The van der Waals surface area contributed by atoms with E-state index >= 15 is 0 Å². The molecule has 3 atom stereocenters. The van der Waals surface area contributed by atoms with Crippen molar-refractivity contribution in [1.82, 2.24) is 24.7 Å². The molecule has 0 radical (unpaired) electrons. The van der Waals surface area contributed by atoms with E-state index in [0.717, 1.165) is 49.9 Å². The minimum atomic E-state index is -0.600. The van der Waals surface area contributed by atoms with Crippen LogP contribution < -0.4 is 16.0 Å². The summed E-state index contributed by atoms with van der Waals surface area (Å²) in [6.45, 7) is 4.08. The molecule has 1 aromatic carbocycles. The van der Waals surface area contributed by atoms with Crippen LogP contribution in [0.1, 0.15) is 99.0 Å². The quantitative estimate of drug-likeness (QED) is 0.412. The van der Waals surface area contributed by atoms with E-state index in [1.54, 1.807) is 11.1 Å². The molecular weight excluding hydrogens is 576 g/mol. The summed E-state index contributed by atoms with van der Waals surface area (Å²) in [5, 5.41) is 3.40. The van der Waals surface area contributed by atoms with Crippen molar-refractivity contribution in [2.45, 2.75) is 101 Å². The SMILES string of the molecule is CN(C)C(=O)N1CCC[C@@H]2[C@H]1CC(C1CCC1)CN2c1cnc(C(N)=O)c(Nc2ccc(C3CCN(C4CCCC4)CC3)cc2)n1. The van der Waals surface area contributed by atoms with Crippen molar-refractivity contribution in [2.24, 2.45) is 17.6 Å². The van der Waals surface area contributed by atoms with Gasteiger partial charge in [0.1, 0.15) is 5.82 Å². The van der Waals surface area contributed by atoms with Crippen LogP contribution >= 0.6 is 0 Å². The lowest BCUT2D eigenvalue weighted by Crippen LogP contribution is -2.64. The molecule has 3 aliphatic heterocycles. The number of nitrogens with one attached hydrogen (secondary N) is 1. The highest BCUT2D eigenvalue weighted by Gasteiger charge is 2.46. The number of nitrogens with zero attached hydrogens (tertiary/aromatic N) is 6. The summed E-state index contributed by atoms with van der Waals surface area (Å²) in [5.74, 6) is 2.30. The summed E-state index contributed by atoms with van der Waals surface area (Å²) >= 11 is 0. The molecule has 10 heteroatoms. The molecule has 0 spiro atoms. The molecule has 4 heterocycles. The summed E-state index contributed by atoms with van der Waals surface area (Å²) in [6, 6.07) is 9.81. The number of fused-ring (bicyclic) bond motifs is 1. The van der Waals surface area contributed by atoms with Gasteiger partial charge in [-0.05, 0) is 93.5 Å². The second-order valence-corrected chi connectivity index (χ2v) is 14.8. The number of urea groups is 1. The molecule has 46 heavy (non-hydrogen) atoms. The molecule has 3 N–H and O–H groups in total. The minimum Gasteiger partial charge on any atom is -0.364 e. The summed E-state index contributed by atoms with van der Waals surface area (Å²) in [5.41, 5.74) is 8.19. The smallest absolute Gasteiger partial charge is 0.319 e. The maximum Gasteiger partial charge on any atom is 0.319 e. The highest BCUT2D eigenvalue weighted by molar-refractivity contribution is 5.96. The van der Waals surface area contributed by atoms with Crippen molar-refractivity contribution < 1.29 is 9.59 Å². The number of benzene rings is 1. The van der Waals surface area contributed by atoms with Gasteiger partial charge in [-0.1, -0.05) is 44.2 Å². The summed E-state index contributed by atoms with van der Waals surface area (Å²) in [6.07, 6.45) is 16.4. The molecular formula is C36H52N8O2. The van der Waals surface area contributed by atoms with Gasteiger partial charge in [-0.2, -0.15) is 0 Å². The van der Waals surface area contributed by atoms with Crippen LogP contribution in [0.4, 0.5) is 22.1 Å². The standard InChI is InChI=1S/C36H52N8O2/c1-41(2)36(46)43-18-6-11-30-31(43)21-27(24-7-5-8-24)23-44(30)32-22-38-33(34(37)45)35(40-32)39-28-14-12-25(13-15-28)26-16-19-42(20-17-26)29-9-3-4-10-29/h12-15,22,24,26-27,29-31H,3-11,16-21,23H2,1-2H3,(H2,37,45)(H,39,40)/t27?,30-,31-/m1/s1. The van der Waals surface area contributed by atoms with Gasteiger partial charge in [0.25, 0.3) is 5.91 Å². The number of carbonyl (C=O) groups excluding carboxylic acids is 2. The highest BCUT2D eigenvalue weighted by atomic mass is 16.2. The Kier molecular flexibility index (Phi) is 9.08. The molecule has 7 rings (SSSR count). The van der Waals surface area contributed by atoms with Gasteiger partial charge in [0.05, 0.1) is 18.3 Å². The molecule has 1 aromatic heterocycles. The van der Waals surface area contributed by atoms with E-state index in [1.165, 1.54) is 76.4 Å². The number of carbonyl (C=O) groups is 2. The van der Waals surface area contributed by atoms with E-state index in [0.29, 0.717) is 23.6 Å². The number of rotatable bonds is 7. The van der Waals surface area contributed by atoms with Crippen molar-refractivity contribution in [2.75, 3.05) is 50.5 Å². The van der Waals surface area contributed by atoms with E-state index in [9.17, 15) is 9.59 Å². The Bertz CT molecular complexity index is 1380. The molecule has 3 saturated heterocycles. The van der Waals surface area contributed by atoms with Crippen LogP contribution in [0.5, 0.6) is 0 Å². The lowest BCUT2D eigenvalue weighted by Gasteiger charge is -2.54. The summed E-state index contributed by atoms with van der Waals surface area (Å²) < 4.78 is 0. The third-order valence-electron chi connectivity index (χ3n) is 11.9. The molecule has 5 fully saturated rings. The fourth-order valence-electron chi connectivity index (χ4n) is 9.10. The third kappa shape index (κ3) is 6.29.